The molecule has 0 unspecified atom stereocenters. The minimum absolute atomic E-state index is 0.146. The van der Waals surface area contributed by atoms with Crippen molar-refractivity contribution in [1.29, 1.82) is 0 Å². The number of aromatic amines is 1. The smallest absolute Gasteiger partial charge is 0.406 e. The van der Waals surface area contributed by atoms with Crippen molar-refractivity contribution in [3.8, 4) is 17.1 Å². The number of halogens is 3. The lowest BCUT2D eigenvalue weighted by atomic mass is 10.2. The van der Waals surface area contributed by atoms with Crippen molar-refractivity contribution in [2.24, 2.45) is 5.92 Å². The van der Waals surface area contributed by atoms with Gasteiger partial charge < -0.3 is 9.64 Å². The molecule has 152 valence electrons. The van der Waals surface area contributed by atoms with Crippen LogP contribution in [0.2, 0.25) is 0 Å². The van der Waals surface area contributed by atoms with E-state index in [-0.39, 0.29) is 11.7 Å². The highest BCUT2D eigenvalue weighted by molar-refractivity contribution is 7.99. The van der Waals surface area contributed by atoms with Crippen LogP contribution >= 0.6 is 11.8 Å². The van der Waals surface area contributed by atoms with E-state index in [1.54, 1.807) is 38.3 Å². The van der Waals surface area contributed by atoms with Crippen LogP contribution in [0.1, 0.15) is 19.8 Å². The van der Waals surface area contributed by atoms with Gasteiger partial charge in [0, 0.05) is 11.6 Å². The molecule has 1 atom stereocenters. The van der Waals surface area contributed by atoms with Crippen molar-refractivity contribution in [1.82, 2.24) is 20.1 Å². The van der Waals surface area contributed by atoms with Crippen LogP contribution in [0.4, 0.5) is 13.2 Å². The molecule has 28 heavy (non-hydrogen) atoms. The highest BCUT2D eigenvalue weighted by atomic mass is 32.2. The Morgan fingerprint density at radius 3 is 2.61 bits per heavy atom. The summed E-state index contributed by atoms with van der Waals surface area (Å²) in [6.45, 7) is 0.454. The Hall–Kier alpha value is -2.23. The molecule has 0 spiro atoms. The molecule has 3 rings (SSSR count). The summed E-state index contributed by atoms with van der Waals surface area (Å²) < 4.78 is 43.7. The first-order valence-corrected chi connectivity index (χ1v) is 9.81. The average molecular weight is 414 g/mol. The number of hydrogen-bond acceptors (Lipinski definition) is 5. The monoisotopic (exact) mass is 414 g/mol. The van der Waals surface area contributed by atoms with Crippen LogP contribution in [0.15, 0.2) is 29.4 Å². The van der Waals surface area contributed by atoms with Crippen molar-refractivity contribution in [2.45, 2.75) is 37.1 Å². The van der Waals surface area contributed by atoms with Gasteiger partial charge in [-0.25, -0.2) is 4.98 Å². The molecule has 2 aromatic rings. The maximum atomic E-state index is 12.9. The minimum atomic E-state index is -4.42. The van der Waals surface area contributed by atoms with E-state index < -0.39 is 24.7 Å². The van der Waals surface area contributed by atoms with E-state index in [0.29, 0.717) is 16.7 Å². The molecule has 6 nitrogen and oxygen atoms in total. The van der Waals surface area contributed by atoms with Gasteiger partial charge in [-0.2, -0.15) is 13.2 Å². The Kier molecular flexibility index (Phi) is 6.17. The third-order valence-corrected chi connectivity index (χ3v) is 5.45. The van der Waals surface area contributed by atoms with Gasteiger partial charge in [0.05, 0.1) is 12.9 Å². The lowest BCUT2D eigenvalue weighted by Crippen LogP contribution is -2.46. The predicted molar refractivity (Wildman–Crippen MR) is 99.0 cm³/mol. The number of carbonyl (C=O) groups is 1. The first-order valence-electron chi connectivity index (χ1n) is 8.82. The molecule has 0 saturated heterocycles. The highest BCUT2D eigenvalue weighted by Gasteiger charge is 2.40. The fraction of sp³-hybridized carbons (Fsp3) is 0.500. The molecular weight excluding hydrogens is 393 g/mol. The van der Waals surface area contributed by atoms with Crippen molar-refractivity contribution in [3.63, 3.8) is 0 Å². The van der Waals surface area contributed by atoms with Crippen molar-refractivity contribution in [2.75, 3.05) is 19.4 Å². The Bertz CT molecular complexity index is 806. The number of aromatic nitrogens is 3. The number of nitrogens with one attached hydrogen (secondary N) is 1. The quantitative estimate of drug-likeness (QED) is 0.666. The average Bonchev–Trinajstić information content (AvgIpc) is 3.41. The summed E-state index contributed by atoms with van der Waals surface area (Å²) in [7, 11) is 1.57. The second-order valence-corrected chi connectivity index (χ2v) is 7.64. The summed E-state index contributed by atoms with van der Waals surface area (Å²) >= 11 is 1.02. The second-order valence-electron chi connectivity index (χ2n) is 6.70. The van der Waals surface area contributed by atoms with Crippen LogP contribution in [0.3, 0.4) is 0 Å². The molecule has 1 saturated carbocycles. The van der Waals surface area contributed by atoms with Crippen LogP contribution in [-0.2, 0) is 4.79 Å². The SMILES string of the molecule is COc1ccc(-c2nc(SCC(=O)N(CC(F)(F)F)[C@@H](C)C3CC3)n[nH]2)cc1. The van der Waals surface area contributed by atoms with Crippen molar-refractivity contribution in [3.05, 3.63) is 24.3 Å². The van der Waals surface area contributed by atoms with E-state index in [2.05, 4.69) is 15.2 Å². The zero-order valence-electron chi connectivity index (χ0n) is 15.5. The zero-order valence-corrected chi connectivity index (χ0v) is 16.3. The maximum absolute atomic E-state index is 12.9. The Morgan fingerprint density at radius 2 is 2.04 bits per heavy atom. The molecule has 0 aliphatic heterocycles. The number of ether oxygens (including phenoxy) is 1. The maximum Gasteiger partial charge on any atom is 0.406 e. The van der Waals surface area contributed by atoms with E-state index in [9.17, 15) is 18.0 Å². The summed E-state index contributed by atoms with van der Waals surface area (Å²) in [6.07, 6.45) is -2.69. The van der Waals surface area contributed by atoms with Gasteiger partial charge in [0.2, 0.25) is 11.1 Å². The standard InChI is InChI=1S/C18H21F3N4O2S/c1-11(12-3-4-12)25(10-18(19,20)21)15(26)9-28-17-22-16(23-24-17)13-5-7-14(27-2)8-6-13/h5-8,11-12H,3-4,9-10H2,1-2H3,(H,22,23,24)/t11-/m0/s1. The molecular formula is C18H21F3N4O2S. The summed E-state index contributed by atoms with van der Waals surface area (Å²) in [5.74, 6) is 0.667. The number of carbonyl (C=O) groups excluding carboxylic acids is 1. The lowest BCUT2D eigenvalue weighted by Gasteiger charge is -2.30. The number of methoxy groups -OCH3 is 1. The topological polar surface area (TPSA) is 71.1 Å². The van der Waals surface area contributed by atoms with Crippen LogP contribution in [-0.4, -0.2) is 57.6 Å². The molecule has 10 heteroatoms. The molecule has 1 aliphatic rings. The van der Waals surface area contributed by atoms with Crippen LogP contribution < -0.4 is 4.74 Å². The van der Waals surface area contributed by atoms with Gasteiger partial charge in [-0.15, -0.1) is 5.10 Å². The number of alkyl halides is 3. The van der Waals surface area contributed by atoms with E-state index in [1.807, 2.05) is 0 Å². The summed E-state index contributed by atoms with van der Waals surface area (Å²) in [5, 5.41) is 7.12. The van der Waals surface area contributed by atoms with Crippen LogP contribution in [0.25, 0.3) is 11.4 Å². The van der Waals surface area contributed by atoms with Gasteiger partial charge >= 0.3 is 6.18 Å². The first-order chi connectivity index (χ1) is 13.3. The van der Waals surface area contributed by atoms with E-state index in [1.165, 1.54) is 0 Å². The molecule has 0 bridgehead atoms. The summed E-state index contributed by atoms with van der Waals surface area (Å²) in [6, 6.07) is 6.75. The van der Waals surface area contributed by atoms with Crippen molar-refractivity contribution < 1.29 is 22.7 Å². The van der Waals surface area contributed by atoms with E-state index in [4.69, 9.17) is 4.74 Å². The van der Waals surface area contributed by atoms with Gasteiger partial charge in [-0.1, -0.05) is 11.8 Å². The highest BCUT2D eigenvalue weighted by Crippen LogP contribution is 2.36. The normalized spacial score (nSPS) is 15.3. The fourth-order valence-corrected chi connectivity index (χ4v) is 3.57. The number of amides is 1. The number of H-pyrrole nitrogens is 1. The largest absolute Gasteiger partial charge is 0.497 e. The number of hydrogen-bond donors (Lipinski definition) is 1. The van der Waals surface area contributed by atoms with E-state index in [0.717, 1.165) is 35.1 Å². The number of nitrogens with zero attached hydrogens (tertiary/aromatic N) is 3. The lowest BCUT2D eigenvalue weighted by molar-refractivity contribution is -0.164. The van der Waals surface area contributed by atoms with Crippen LogP contribution in [0.5, 0.6) is 5.75 Å². The van der Waals surface area contributed by atoms with Crippen molar-refractivity contribution >= 4 is 17.7 Å². The number of thioether (sulfide) groups is 1. The molecule has 1 N–H and O–H groups in total. The van der Waals surface area contributed by atoms with Gasteiger partial charge in [-0.3, -0.25) is 9.89 Å². The third kappa shape index (κ3) is 5.40. The molecule has 1 amide bonds. The van der Waals surface area contributed by atoms with Gasteiger partial charge in [0.1, 0.15) is 12.3 Å². The molecule has 1 aromatic carbocycles. The molecule has 1 fully saturated rings. The predicted octanol–water partition coefficient (Wildman–Crippen LogP) is 3.76. The summed E-state index contributed by atoms with van der Waals surface area (Å²) in [4.78, 5) is 17.7. The Morgan fingerprint density at radius 1 is 1.36 bits per heavy atom. The van der Waals surface area contributed by atoms with Gasteiger partial charge in [0.15, 0.2) is 5.82 Å². The second kappa shape index (κ2) is 8.42. The number of rotatable bonds is 8. The first kappa shape index (κ1) is 20.5. The number of benzene rings is 1. The fourth-order valence-electron chi connectivity index (χ4n) is 2.88. The van der Waals surface area contributed by atoms with E-state index >= 15 is 0 Å². The molecule has 1 aliphatic carbocycles. The Labute approximate surface area is 164 Å². The molecule has 1 heterocycles. The summed E-state index contributed by atoms with van der Waals surface area (Å²) in [5.41, 5.74) is 0.785. The third-order valence-electron chi connectivity index (χ3n) is 4.62. The molecule has 1 aromatic heterocycles. The Balaban J connectivity index is 1.61. The minimum Gasteiger partial charge on any atom is -0.497 e. The van der Waals surface area contributed by atoms with Gasteiger partial charge in [-0.05, 0) is 49.9 Å². The molecule has 0 radical (unpaired) electrons. The zero-order chi connectivity index (χ0) is 20.3. The van der Waals surface area contributed by atoms with Gasteiger partial charge in [0.25, 0.3) is 0 Å². The van der Waals surface area contributed by atoms with Crippen LogP contribution in [0, 0.1) is 5.92 Å².